The van der Waals surface area contributed by atoms with Gasteiger partial charge in [0, 0.05) is 30.7 Å². The van der Waals surface area contributed by atoms with Crippen molar-refractivity contribution in [2.75, 3.05) is 19.7 Å². The SMILES string of the molecule is C[C@H]1CO[C@@H](CNC(=O)C(c2ccccc2)c2ccc(Cl)cc2)CN1Cc1ccc(Cl)c(Cl)c1. The highest BCUT2D eigenvalue weighted by atomic mass is 35.5. The number of morpholine rings is 1. The van der Waals surface area contributed by atoms with Gasteiger partial charge in [0.25, 0.3) is 0 Å². The van der Waals surface area contributed by atoms with Crippen LogP contribution < -0.4 is 5.32 Å². The molecule has 3 aromatic carbocycles. The molecular formula is C27H27Cl3N2O2. The summed E-state index contributed by atoms with van der Waals surface area (Å²) in [7, 11) is 0. The maximum atomic E-state index is 13.3. The Morgan fingerprint density at radius 3 is 2.41 bits per heavy atom. The molecule has 1 N–H and O–H groups in total. The lowest BCUT2D eigenvalue weighted by Gasteiger charge is -2.38. The van der Waals surface area contributed by atoms with E-state index < -0.39 is 5.92 Å². The molecule has 0 aromatic heterocycles. The molecule has 4 rings (SSSR count). The quantitative estimate of drug-likeness (QED) is 0.407. The van der Waals surface area contributed by atoms with Crippen molar-refractivity contribution in [2.45, 2.75) is 31.5 Å². The van der Waals surface area contributed by atoms with Crippen LogP contribution in [0.4, 0.5) is 0 Å². The van der Waals surface area contributed by atoms with Crippen LogP contribution in [0.2, 0.25) is 15.1 Å². The van der Waals surface area contributed by atoms with Crippen molar-refractivity contribution in [2.24, 2.45) is 0 Å². The van der Waals surface area contributed by atoms with E-state index in [4.69, 9.17) is 39.5 Å². The van der Waals surface area contributed by atoms with Crippen LogP contribution in [0.1, 0.15) is 29.5 Å². The average molecular weight is 518 g/mol. The second-order valence-electron chi connectivity index (χ2n) is 8.62. The Kier molecular flexibility index (Phi) is 8.51. The van der Waals surface area contributed by atoms with Crippen LogP contribution in [-0.2, 0) is 16.1 Å². The molecule has 1 heterocycles. The van der Waals surface area contributed by atoms with Crippen molar-refractivity contribution in [3.8, 4) is 0 Å². The van der Waals surface area contributed by atoms with Crippen molar-refractivity contribution in [3.63, 3.8) is 0 Å². The summed E-state index contributed by atoms with van der Waals surface area (Å²) in [6, 6.07) is 23.2. The molecule has 4 nitrogen and oxygen atoms in total. The van der Waals surface area contributed by atoms with Gasteiger partial charge in [-0.25, -0.2) is 0 Å². The van der Waals surface area contributed by atoms with E-state index in [0.29, 0.717) is 34.8 Å². The Bertz CT molecular complexity index is 1110. The highest BCUT2D eigenvalue weighted by Crippen LogP contribution is 2.27. The summed E-state index contributed by atoms with van der Waals surface area (Å²) in [5, 5.41) is 4.86. The topological polar surface area (TPSA) is 41.6 Å². The van der Waals surface area contributed by atoms with Crippen LogP contribution in [0.3, 0.4) is 0 Å². The van der Waals surface area contributed by atoms with Crippen molar-refractivity contribution >= 4 is 40.7 Å². The maximum Gasteiger partial charge on any atom is 0.232 e. The summed E-state index contributed by atoms with van der Waals surface area (Å²) in [5.41, 5.74) is 2.92. The van der Waals surface area contributed by atoms with Gasteiger partial charge in [-0.3, -0.25) is 9.69 Å². The summed E-state index contributed by atoms with van der Waals surface area (Å²) in [5.74, 6) is -0.486. The molecule has 0 radical (unpaired) electrons. The summed E-state index contributed by atoms with van der Waals surface area (Å²) < 4.78 is 6.04. The molecule has 1 saturated heterocycles. The van der Waals surface area contributed by atoms with E-state index in [2.05, 4.69) is 17.1 Å². The second kappa shape index (κ2) is 11.6. The zero-order valence-electron chi connectivity index (χ0n) is 18.9. The van der Waals surface area contributed by atoms with Gasteiger partial charge < -0.3 is 10.1 Å². The van der Waals surface area contributed by atoms with E-state index in [9.17, 15) is 4.79 Å². The predicted molar refractivity (Wildman–Crippen MR) is 139 cm³/mol. The standard InChI is InChI=1S/C27H27Cl3N2O2/c1-18-17-34-23(16-32(18)15-19-7-12-24(29)25(30)13-19)14-31-27(33)26(20-5-3-2-4-6-20)21-8-10-22(28)11-9-21/h2-13,18,23,26H,14-17H2,1H3,(H,31,33)/t18-,23-,26?/m0/s1. The van der Waals surface area contributed by atoms with Gasteiger partial charge in [-0.1, -0.05) is 83.3 Å². The molecule has 1 amide bonds. The minimum Gasteiger partial charge on any atom is -0.373 e. The normalized spacial score (nSPS) is 19.5. The summed E-state index contributed by atoms with van der Waals surface area (Å²) >= 11 is 18.3. The number of amides is 1. The van der Waals surface area contributed by atoms with Gasteiger partial charge in [0.05, 0.1) is 28.7 Å². The van der Waals surface area contributed by atoms with E-state index in [-0.39, 0.29) is 18.1 Å². The van der Waals surface area contributed by atoms with Crippen molar-refractivity contribution in [1.82, 2.24) is 10.2 Å². The van der Waals surface area contributed by atoms with Crippen LogP contribution in [0, 0.1) is 0 Å². The zero-order valence-corrected chi connectivity index (χ0v) is 21.2. The molecule has 1 aliphatic heterocycles. The van der Waals surface area contributed by atoms with Gasteiger partial charge in [-0.05, 0) is 47.9 Å². The third-order valence-corrected chi connectivity index (χ3v) is 7.10. The van der Waals surface area contributed by atoms with Gasteiger partial charge in [-0.15, -0.1) is 0 Å². The third kappa shape index (κ3) is 6.32. The molecule has 0 spiro atoms. The fourth-order valence-corrected chi connectivity index (χ4v) is 4.65. The van der Waals surface area contributed by atoms with Crippen LogP contribution in [0.5, 0.6) is 0 Å². The molecule has 1 fully saturated rings. The first-order valence-electron chi connectivity index (χ1n) is 11.3. The summed E-state index contributed by atoms with van der Waals surface area (Å²) in [6.45, 7) is 4.61. The number of nitrogens with one attached hydrogen (secondary N) is 1. The van der Waals surface area contributed by atoms with Crippen molar-refractivity contribution in [3.05, 3.63) is 105 Å². The van der Waals surface area contributed by atoms with Crippen molar-refractivity contribution < 1.29 is 9.53 Å². The number of rotatable bonds is 7. The first kappa shape index (κ1) is 25.0. The molecule has 1 unspecified atom stereocenters. The Morgan fingerprint density at radius 2 is 1.71 bits per heavy atom. The van der Waals surface area contributed by atoms with Crippen molar-refractivity contribution in [1.29, 1.82) is 0 Å². The lowest BCUT2D eigenvalue weighted by molar-refractivity contribution is -0.123. The summed E-state index contributed by atoms with van der Waals surface area (Å²) in [4.78, 5) is 15.7. The third-order valence-electron chi connectivity index (χ3n) is 6.11. The molecule has 3 atom stereocenters. The minimum absolute atomic E-state index is 0.0632. The number of hydrogen-bond acceptors (Lipinski definition) is 3. The molecule has 178 valence electrons. The Labute approximate surface area is 215 Å². The van der Waals surface area contributed by atoms with Gasteiger partial charge in [0.2, 0.25) is 5.91 Å². The Hall–Kier alpha value is -2.08. The smallest absolute Gasteiger partial charge is 0.232 e. The molecule has 34 heavy (non-hydrogen) atoms. The number of ether oxygens (including phenoxy) is 1. The molecule has 7 heteroatoms. The van der Waals surface area contributed by atoms with E-state index in [0.717, 1.165) is 23.2 Å². The van der Waals surface area contributed by atoms with E-state index in [1.165, 1.54) is 0 Å². The fourth-order valence-electron chi connectivity index (χ4n) is 4.20. The molecule has 0 aliphatic carbocycles. The van der Waals surface area contributed by atoms with Crippen LogP contribution >= 0.6 is 34.8 Å². The predicted octanol–water partition coefficient (Wildman–Crippen LogP) is 6.18. The molecule has 1 aliphatic rings. The fraction of sp³-hybridized carbons (Fsp3) is 0.296. The van der Waals surface area contributed by atoms with Gasteiger partial charge in [0.15, 0.2) is 0 Å². The maximum absolute atomic E-state index is 13.3. The lowest BCUT2D eigenvalue weighted by atomic mass is 9.90. The first-order valence-corrected chi connectivity index (χ1v) is 12.4. The largest absolute Gasteiger partial charge is 0.373 e. The number of hydrogen-bond donors (Lipinski definition) is 1. The first-order chi connectivity index (χ1) is 16.4. The molecular weight excluding hydrogens is 491 g/mol. The highest BCUT2D eigenvalue weighted by Gasteiger charge is 2.28. The Balaban J connectivity index is 1.42. The van der Waals surface area contributed by atoms with Crippen LogP contribution in [-0.4, -0.2) is 42.6 Å². The van der Waals surface area contributed by atoms with E-state index in [1.807, 2.05) is 72.8 Å². The molecule has 3 aromatic rings. The monoisotopic (exact) mass is 516 g/mol. The average Bonchev–Trinajstić information content (AvgIpc) is 2.84. The second-order valence-corrected chi connectivity index (χ2v) is 9.87. The lowest BCUT2D eigenvalue weighted by Crippen LogP contribution is -2.51. The number of carbonyl (C=O) groups is 1. The number of benzene rings is 3. The molecule has 0 saturated carbocycles. The Morgan fingerprint density at radius 1 is 1.00 bits per heavy atom. The van der Waals surface area contributed by atoms with Gasteiger partial charge >= 0.3 is 0 Å². The number of nitrogens with zero attached hydrogens (tertiary/aromatic N) is 1. The van der Waals surface area contributed by atoms with E-state index in [1.54, 1.807) is 0 Å². The highest BCUT2D eigenvalue weighted by molar-refractivity contribution is 6.42. The van der Waals surface area contributed by atoms with Crippen LogP contribution in [0.25, 0.3) is 0 Å². The van der Waals surface area contributed by atoms with Crippen LogP contribution in [0.15, 0.2) is 72.8 Å². The number of carbonyl (C=O) groups excluding carboxylic acids is 1. The number of halogens is 3. The van der Waals surface area contributed by atoms with Gasteiger partial charge in [0.1, 0.15) is 0 Å². The summed E-state index contributed by atoms with van der Waals surface area (Å²) in [6.07, 6.45) is -0.107. The zero-order chi connectivity index (χ0) is 24.1. The van der Waals surface area contributed by atoms with E-state index >= 15 is 0 Å². The van der Waals surface area contributed by atoms with Gasteiger partial charge in [-0.2, -0.15) is 0 Å². The minimum atomic E-state index is -0.423. The molecule has 0 bridgehead atoms.